The summed E-state index contributed by atoms with van der Waals surface area (Å²) in [7, 11) is 2.02. The van der Waals surface area contributed by atoms with Gasteiger partial charge >= 0.3 is 0 Å². The molecule has 2 nitrogen and oxygen atoms in total. The number of para-hydroxylation sites is 1. The first kappa shape index (κ1) is 13.6. The van der Waals surface area contributed by atoms with E-state index in [0.717, 1.165) is 30.0 Å². The molecule has 4 fully saturated rings. The molecule has 4 saturated carbocycles. The van der Waals surface area contributed by atoms with E-state index in [2.05, 4.69) is 24.3 Å². The molecule has 21 heavy (non-hydrogen) atoms. The van der Waals surface area contributed by atoms with Gasteiger partial charge in [0.05, 0.1) is 12.3 Å². The van der Waals surface area contributed by atoms with Crippen molar-refractivity contribution >= 4 is 5.69 Å². The maximum absolute atomic E-state index is 6.00. The Balaban J connectivity index is 1.33. The molecular weight excluding hydrogens is 258 g/mol. The van der Waals surface area contributed by atoms with E-state index in [-0.39, 0.29) is 0 Å². The Morgan fingerprint density at radius 1 is 1.00 bits per heavy atom. The molecule has 0 aromatic heterocycles. The summed E-state index contributed by atoms with van der Waals surface area (Å²) in [6.07, 6.45) is 10.3. The number of anilines is 1. The van der Waals surface area contributed by atoms with Crippen LogP contribution in [0.2, 0.25) is 0 Å². The van der Waals surface area contributed by atoms with Crippen LogP contribution in [0.3, 0.4) is 0 Å². The predicted octanol–water partition coefficient (Wildman–Crippen LogP) is 4.66. The normalized spacial score (nSPS) is 36.9. The third-order valence-corrected chi connectivity index (χ3v) is 6.20. The summed E-state index contributed by atoms with van der Waals surface area (Å²) in [4.78, 5) is 6.00. The highest BCUT2D eigenvalue weighted by Crippen LogP contribution is 2.61. The van der Waals surface area contributed by atoms with Crippen molar-refractivity contribution in [2.24, 2.45) is 23.2 Å². The highest BCUT2D eigenvalue weighted by molar-refractivity contribution is 5.42. The zero-order chi connectivity index (χ0) is 14.3. The van der Waals surface area contributed by atoms with E-state index in [1.807, 2.05) is 18.2 Å². The van der Waals surface area contributed by atoms with Crippen LogP contribution >= 0.6 is 0 Å². The molecule has 4 aliphatic rings. The highest BCUT2D eigenvalue weighted by Gasteiger charge is 2.50. The minimum absolute atomic E-state index is 0.631. The van der Waals surface area contributed by atoms with Crippen molar-refractivity contribution in [1.82, 2.24) is 0 Å². The SMILES string of the molecule is CN(OCCC12CC3CC(CC(C3)C1)C2)c1ccccc1. The van der Waals surface area contributed by atoms with E-state index >= 15 is 0 Å². The average Bonchev–Trinajstić information content (AvgIpc) is 2.46. The van der Waals surface area contributed by atoms with Gasteiger partial charge in [-0.25, -0.2) is 0 Å². The van der Waals surface area contributed by atoms with E-state index in [0.29, 0.717) is 5.41 Å². The maximum atomic E-state index is 6.00. The molecule has 5 rings (SSSR count). The lowest BCUT2D eigenvalue weighted by atomic mass is 9.49. The fourth-order valence-electron chi connectivity index (χ4n) is 5.71. The predicted molar refractivity (Wildman–Crippen MR) is 86.0 cm³/mol. The first-order chi connectivity index (χ1) is 10.2. The molecule has 0 aliphatic heterocycles. The molecule has 4 aliphatic carbocycles. The van der Waals surface area contributed by atoms with Gasteiger partial charge in [-0.15, -0.1) is 0 Å². The van der Waals surface area contributed by atoms with Crippen molar-refractivity contribution in [2.45, 2.75) is 44.9 Å². The molecule has 0 atom stereocenters. The minimum Gasteiger partial charge on any atom is -0.274 e. The van der Waals surface area contributed by atoms with E-state index in [9.17, 15) is 0 Å². The van der Waals surface area contributed by atoms with E-state index in [1.165, 1.54) is 44.9 Å². The summed E-state index contributed by atoms with van der Waals surface area (Å²) in [5.74, 6) is 3.13. The fraction of sp³-hybridized carbons (Fsp3) is 0.684. The van der Waals surface area contributed by atoms with Gasteiger partial charge in [0.15, 0.2) is 0 Å². The van der Waals surface area contributed by atoms with Crippen molar-refractivity contribution in [1.29, 1.82) is 0 Å². The summed E-state index contributed by atoms with van der Waals surface area (Å²) >= 11 is 0. The van der Waals surface area contributed by atoms with Gasteiger partial charge in [-0.05, 0) is 80.2 Å². The first-order valence-corrected chi connectivity index (χ1v) is 8.64. The second-order valence-corrected chi connectivity index (χ2v) is 7.83. The zero-order valence-electron chi connectivity index (χ0n) is 13.1. The Morgan fingerprint density at radius 3 is 2.14 bits per heavy atom. The van der Waals surface area contributed by atoms with Crippen molar-refractivity contribution in [3.05, 3.63) is 30.3 Å². The lowest BCUT2D eigenvalue weighted by molar-refractivity contribution is -0.0697. The number of hydrogen-bond donors (Lipinski definition) is 0. The Labute approximate surface area is 128 Å². The molecule has 0 N–H and O–H groups in total. The first-order valence-electron chi connectivity index (χ1n) is 8.64. The van der Waals surface area contributed by atoms with Crippen molar-refractivity contribution in [3.8, 4) is 0 Å². The molecule has 0 amide bonds. The Bertz CT molecular complexity index is 448. The second-order valence-electron chi connectivity index (χ2n) is 7.83. The second kappa shape index (κ2) is 5.31. The van der Waals surface area contributed by atoms with Crippen LogP contribution in [0.4, 0.5) is 5.69 Å². The molecule has 2 heteroatoms. The number of hydroxylamine groups is 1. The van der Waals surface area contributed by atoms with Crippen molar-refractivity contribution < 1.29 is 4.84 Å². The van der Waals surface area contributed by atoms with E-state index < -0.39 is 0 Å². The smallest absolute Gasteiger partial charge is 0.0753 e. The Hall–Kier alpha value is -1.02. The number of hydrogen-bond acceptors (Lipinski definition) is 2. The van der Waals surface area contributed by atoms with Gasteiger partial charge in [-0.1, -0.05) is 18.2 Å². The minimum atomic E-state index is 0.631. The monoisotopic (exact) mass is 285 g/mol. The summed E-state index contributed by atoms with van der Waals surface area (Å²) in [5.41, 5.74) is 1.77. The van der Waals surface area contributed by atoms with Crippen LogP contribution in [0.5, 0.6) is 0 Å². The lowest BCUT2D eigenvalue weighted by Crippen LogP contribution is -2.46. The molecule has 1 aromatic carbocycles. The molecule has 0 saturated heterocycles. The third kappa shape index (κ3) is 2.70. The summed E-state index contributed by atoms with van der Waals surface area (Å²) in [6.45, 7) is 0.873. The number of nitrogens with zero attached hydrogens (tertiary/aromatic N) is 1. The molecule has 0 unspecified atom stereocenters. The summed E-state index contributed by atoms with van der Waals surface area (Å²) in [5, 5.41) is 1.93. The van der Waals surface area contributed by atoms with Crippen LogP contribution in [-0.4, -0.2) is 13.7 Å². The quantitative estimate of drug-likeness (QED) is 0.729. The van der Waals surface area contributed by atoms with Crippen molar-refractivity contribution in [2.75, 3.05) is 18.7 Å². The number of rotatable bonds is 5. The summed E-state index contributed by atoms with van der Waals surface area (Å²) in [6, 6.07) is 10.4. The maximum Gasteiger partial charge on any atom is 0.0753 e. The Kier molecular flexibility index (Phi) is 3.45. The van der Waals surface area contributed by atoms with Crippen LogP contribution in [0, 0.1) is 23.2 Å². The largest absolute Gasteiger partial charge is 0.274 e. The molecular formula is C19H27NO. The molecule has 0 heterocycles. The third-order valence-electron chi connectivity index (χ3n) is 6.20. The molecule has 1 aromatic rings. The van der Waals surface area contributed by atoms with Gasteiger partial charge in [0.2, 0.25) is 0 Å². The molecule has 0 spiro atoms. The Morgan fingerprint density at radius 2 is 1.57 bits per heavy atom. The van der Waals surface area contributed by atoms with E-state index in [1.54, 1.807) is 0 Å². The lowest BCUT2D eigenvalue weighted by Gasteiger charge is -2.57. The zero-order valence-corrected chi connectivity index (χ0v) is 13.1. The van der Waals surface area contributed by atoms with Crippen LogP contribution in [0.15, 0.2) is 30.3 Å². The van der Waals surface area contributed by atoms with Gasteiger partial charge in [-0.2, -0.15) is 0 Å². The van der Waals surface area contributed by atoms with E-state index in [4.69, 9.17) is 4.84 Å². The fourth-order valence-corrected chi connectivity index (χ4v) is 5.71. The van der Waals surface area contributed by atoms with Gasteiger partial charge in [-0.3, -0.25) is 9.90 Å². The topological polar surface area (TPSA) is 12.5 Å². The van der Waals surface area contributed by atoms with Gasteiger partial charge in [0.25, 0.3) is 0 Å². The van der Waals surface area contributed by atoms with Crippen molar-refractivity contribution in [3.63, 3.8) is 0 Å². The molecule has 114 valence electrons. The van der Waals surface area contributed by atoms with Crippen LogP contribution in [0.25, 0.3) is 0 Å². The van der Waals surface area contributed by atoms with Crippen LogP contribution in [-0.2, 0) is 4.84 Å². The van der Waals surface area contributed by atoms with Crippen LogP contribution in [0.1, 0.15) is 44.9 Å². The number of benzene rings is 1. The summed E-state index contributed by atoms with van der Waals surface area (Å²) < 4.78 is 0. The molecule has 4 bridgehead atoms. The standard InChI is InChI=1S/C19H27NO/c1-20(18-5-3-2-4-6-18)21-8-7-19-12-15-9-16(13-19)11-17(10-15)14-19/h2-6,15-17H,7-14H2,1H3. The van der Waals surface area contributed by atoms with Crippen LogP contribution < -0.4 is 5.06 Å². The van der Waals surface area contributed by atoms with Gasteiger partial charge in [0.1, 0.15) is 0 Å². The van der Waals surface area contributed by atoms with Gasteiger partial charge < -0.3 is 0 Å². The average molecular weight is 285 g/mol. The molecule has 0 radical (unpaired) electrons. The highest BCUT2D eigenvalue weighted by atomic mass is 16.7. The van der Waals surface area contributed by atoms with Gasteiger partial charge in [0, 0.05) is 7.05 Å².